The highest BCUT2D eigenvalue weighted by Gasteiger charge is 2.29. The molecule has 3 aromatic rings. The number of benzene rings is 2. The molecule has 0 saturated carbocycles. The van der Waals surface area contributed by atoms with Gasteiger partial charge >= 0.3 is 0 Å². The quantitative estimate of drug-likeness (QED) is 0.491. The highest BCUT2D eigenvalue weighted by Crippen LogP contribution is 2.27. The van der Waals surface area contributed by atoms with Gasteiger partial charge in [-0.25, -0.2) is 4.98 Å². The number of thiazole rings is 1. The van der Waals surface area contributed by atoms with Gasteiger partial charge in [-0.3, -0.25) is 25.2 Å². The Morgan fingerprint density at radius 1 is 1.06 bits per heavy atom. The Hall–Kier alpha value is -3.72. The van der Waals surface area contributed by atoms with E-state index >= 15 is 0 Å². The number of hydrogen-bond donors (Lipinski definition) is 2. The van der Waals surface area contributed by atoms with Gasteiger partial charge in [0.2, 0.25) is 11.8 Å². The number of aromatic nitrogens is 1. The fourth-order valence-electron chi connectivity index (χ4n) is 3.94. The molecular weight excluding hydrogens is 464 g/mol. The number of nitrogens with one attached hydrogen (secondary N) is 2. The van der Waals surface area contributed by atoms with Gasteiger partial charge in [-0.05, 0) is 31.9 Å². The fourth-order valence-corrected chi connectivity index (χ4v) is 4.90. The molecule has 0 radical (unpaired) electrons. The van der Waals surface area contributed by atoms with E-state index in [4.69, 9.17) is 4.74 Å². The maximum atomic E-state index is 12.7. The van der Waals surface area contributed by atoms with Gasteiger partial charge in [-0.2, -0.15) is 0 Å². The third-order valence-corrected chi connectivity index (χ3v) is 7.00. The highest BCUT2D eigenvalue weighted by atomic mass is 32.1. The minimum atomic E-state index is -0.405. The number of rotatable bonds is 7. The van der Waals surface area contributed by atoms with Crippen LogP contribution in [0.15, 0.2) is 60.7 Å². The molecule has 8 nitrogen and oxygen atoms in total. The molecule has 9 heteroatoms. The summed E-state index contributed by atoms with van der Waals surface area (Å²) in [6.07, 6.45) is 1.63. The zero-order valence-electron chi connectivity index (χ0n) is 19.5. The van der Waals surface area contributed by atoms with Crippen LogP contribution in [-0.4, -0.2) is 47.3 Å². The van der Waals surface area contributed by atoms with Crippen molar-refractivity contribution in [2.24, 2.45) is 5.92 Å². The summed E-state index contributed by atoms with van der Waals surface area (Å²) in [7, 11) is 0. The van der Waals surface area contributed by atoms with Gasteiger partial charge in [-0.1, -0.05) is 48.5 Å². The zero-order valence-corrected chi connectivity index (χ0v) is 20.3. The summed E-state index contributed by atoms with van der Waals surface area (Å²) in [5, 5.41) is 0.747. The SMILES string of the molecule is Cc1nc(-c2ccccc2)sc1C(=O)NNC(=O)C1CCCN(C(=O)CCOc2ccccc2)C1. The maximum absolute atomic E-state index is 12.7. The number of amides is 3. The minimum Gasteiger partial charge on any atom is -0.493 e. The molecule has 1 aliphatic heterocycles. The van der Waals surface area contributed by atoms with Gasteiger partial charge in [0.1, 0.15) is 15.6 Å². The number of carbonyl (C=O) groups excluding carboxylic acids is 3. The summed E-state index contributed by atoms with van der Waals surface area (Å²) in [6.45, 7) is 2.99. The van der Waals surface area contributed by atoms with Gasteiger partial charge in [-0.15, -0.1) is 11.3 Å². The summed E-state index contributed by atoms with van der Waals surface area (Å²) < 4.78 is 5.61. The van der Waals surface area contributed by atoms with Crippen molar-refractivity contribution in [1.29, 1.82) is 0 Å². The second-order valence-electron chi connectivity index (χ2n) is 8.33. The molecule has 1 aliphatic rings. The highest BCUT2D eigenvalue weighted by molar-refractivity contribution is 7.17. The van der Waals surface area contributed by atoms with Crippen LogP contribution in [0.25, 0.3) is 10.6 Å². The molecule has 2 N–H and O–H groups in total. The number of piperidine rings is 1. The first-order chi connectivity index (χ1) is 17.0. The van der Waals surface area contributed by atoms with Crippen LogP contribution >= 0.6 is 11.3 Å². The Kier molecular flexibility index (Phi) is 8.10. The van der Waals surface area contributed by atoms with Gasteiger partial charge in [0.05, 0.1) is 24.6 Å². The Bertz CT molecular complexity index is 1170. The van der Waals surface area contributed by atoms with Crippen molar-refractivity contribution in [3.63, 3.8) is 0 Å². The van der Waals surface area contributed by atoms with E-state index in [0.29, 0.717) is 30.1 Å². The van der Waals surface area contributed by atoms with Crippen LogP contribution in [0.2, 0.25) is 0 Å². The second-order valence-corrected chi connectivity index (χ2v) is 9.33. The van der Waals surface area contributed by atoms with Gasteiger partial charge in [0.15, 0.2) is 0 Å². The average Bonchev–Trinajstić information content (AvgIpc) is 3.30. The first-order valence-corrected chi connectivity index (χ1v) is 12.4. The van der Waals surface area contributed by atoms with E-state index in [-0.39, 0.29) is 30.8 Å². The van der Waals surface area contributed by atoms with Crippen molar-refractivity contribution >= 4 is 29.1 Å². The molecule has 182 valence electrons. The van der Waals surface area contributed by atoms with E-state index in [0.717, 1.165) is 22.7 Å². The molecule has 4 rings (SSSR count). The summed E-state index contributed by atoms with van der Waals surface area (Å²) in [4.78, 5) is 44.6. The molecule has 2 aromatic carbocycles. The van der Waals surface area contributed by atoms with E-state index in [1.54, 1.807) is 11.8 Å². The van der Waals surface area contributed by atoms with E-state index in [1.807, 2.05) is 60.7 Å². The third kappa shape index (κ3) is 6.45. The Morgan fingerprint density at radius 3 is 2.51 bits per heavy atom. The molecule has 1 aromatic heterocycles. The Morgan fingerprint density at radius 2 is 1.77 bits per heavy atom. The lowest BCUT2D eigenvalue weighted by Gasteiger charge is -2.32. The number of ether oxygens (including phenoxy) is 1. The molecule has 3 amide bonds. The van der Waals surface area contributed by atoms with Crippen LogP contribution < -0.4 is 15.6 Å². The number of nitrogens with zero attached hydrogens (tertiary/aromatic N) is 2. The summed E-state index contributed by atoms with van der Waals surface area (Å²) >= 11 is 1.28. The largest absolute Gasteiger partial charge is 0.493 e. The third-order valence-electron chi connectivity index (χ3n) is 5.80. The van der Waals surface area contributed by atoms with E-state index in [9.17, 15) is 14.4 Å². The molecule has 1 atom stereocenters. The van der Waals surface area contributed by atoms with Crippen LogP contribution in [0.4, 0.5) is 0 Å². The molecule has 0 aliphatic carbocycles. The van der Waals surface area contributed by atoms with Gasteiger partial charge < -0.3 is 9.64 Å². The summed E-state index contributed by atoms with van der Waals surface area (Å²) in [5.41, 5.74) is 6.57. The van der Waals surface area contributed by atoms with Crippen LogP contribution in [-0.2, 0) is 9.59 Å². The average molecular weight is 493 g/mol. The monoisotopic (exact) mass is 492 g/mol. The van der Waals surface area contributed by atoms with Gasteiger partial charge in [0, 0.05) is 18.7 Å². The number of hydrogen-bond acceptors (Lipinski definition) is 6. The molecular formula is C26H28N4O4S. The van der Waals surface area contributed by atoms with Crippen LogP contribution in [0.5, 0.6) is 5.75 Å². The van der Waals surface area contributed by atoms with Crippen LogP contribution in [0, 0.1) is 12.8 Å². The summed E-state index contributed by atoms with van der Waals surface area (Å²) in [5.74, 6) is -0.417. The molecule has 0 bridgehead atoms. The lowest BCUT2D eigenvalue weighted by atomic mass is 9.97. The predicted octanol–water partition coefficient (Wildman–Crippen LogP) is 3.59. The fraction of sp³-hybridized carbons (Fsp3) is 0.308. The molecule has 1 fully saturated rings. The molecule has 2 heterocycles. The predicted molar refractivity (Wildman–Crippen MR) is 134 cm³/mol. The van der Waals surface area contributed by atoms with Crippen molar-refractivity contribution in [2.75, 3.05) is 19.7 Å². The lowest BCUT2D eigenvalue weighted by Crippen LogP contribution is -2.50. The van der Waals surface area contributed by atoms with E-state index in [1.165, 1.54) is 11.3 Å². The standard InChI is InChI=1S/C26H28N4O4S/c1-18-23(35-26(27-18)19-9-4-2-5-10-19)25(33)29-28-24(32)20-11-8-15-30(17-20)22(31)14-16-34-21-12-6-3-7-13-21/h2-7,9-10,12-13,20H,8,11,14-17H2,1H3,(H,28,32)(H,29,33). The minimum absolute atomic E-state index is 0.0452. The topological polar surface area (TPSA) is 101 Å². The number of likely N-dealkylation sites (tertiary alicyclic amines) is 1. The van der Waals surface area contributed by atoms with Crippen molar-refractivity contribution < 1.29 is 19.1 Å². The maximum Gasteiger partial charge on any atom is 0.281 e. The van der Waals surface area contributed by atoms with Crippen molar-refractivity contribution in [3.05, 3.63) is 71.2 Å². The molecule has 1 saturated heterocycles. The molecule has 0 spiro atoms. The van der Waals surface area contributed by atoms with Crippen molar-refractivity contribution in [1.82, 2.24) is 20.7 Å². The van der Waals surface area contributed by atoms with Crippen molar-refractivity contribution in [2.45, 2.75) is 26.2 Å². The van der Waals surface area contributed by atoms with Gasteiger partial charge in [0.25, 0.3) is 5.91 Å². The first kappa shape index (κ1) is 24.4. The second kappa shape index (κ2) is 11.6. The lowest BCUT2D eigenvalue weighted by molar-refractivity contribution is -0.136. The molecule has 35 heavy (non-hydrogen) atoms. The number of aryl methyl sites for hydroxylation is 1. The normalized spacial score (nSPS) is 15.3. The number of hydrazine groups is 1. The molecule has 1 unspecified atom stereocenters. The Labute approximate surface area is 208 Å². The van der Waals surface area contributed by atoms with E-state index in [2.05, 4.69) is 15.8 Å². The number of carbonyl (C=O) groups is 3. The number of para-hydroxylation sites is 1. The van der Waals surface area contributed by atoms with Crippen LogP contribution in [0.3, 0.4) is 0 Å². The smallest absolute Gasteiger partial charge is 0.281 e. The van der Waals surface area contributed by atoms with Crippen LogP contribution in [0.1, 0.15) is 34.6 Å². The zero-order chi connectivity index (χ0) is 24.6. The van der Waals surface area contributed by atoms with Crippen molar-refractivity contribution in [3.8, 4) is 16.3 Å². The summed E-state index contributed by atoms with van der Waals surface area (Å²) in [6, 6.07) is 19.0. The van der Waals surface area contributed by atoms with E-state index < -0.39 is 5.91 Å². The Balaban J connectivity index is 1.25. The first-order valence-electron chi connectivity index (χ1n) is 11.6.